The van der Waals surface area contributed by atoms with Crippen molar-refractivity contribution >= 4 is 23.2 Å². The Bertz CT molecular complexity index is 897. The predicted molar refractivity (Wildman–Crippen MR) is 112 cm³/mol. The number of rotatable bonds is 3. The largest absolute Gasteiger partial charge is 0.326 e. The van der Waals surface area contributed by atoms with E-state index >= 15 is 0 Å². The fourth-order valence-electron chi connectivity index (χ4n) is 4.58. The third-order valence-corrected chi connectivity index (χ3v) is 6.24. The summed E-state index contributed by atoms with van der Waals surface area (Å²) in [5.41, 5.74) is 5.50. The van der Waals surface area contributed by atoms with E-state index in [1.54, 1.807) is 0 Å². The molecule has 1 aliphatic heterocycles. The van der Waals surface area contributed by atoms with Crippen LogP contribution in [0.15, 0.2) is 42.5 Å². The van der Waals surface area contributed by atoms with Crippen molar-refractivity contribution in [3.8, 4) is 0 Å². The summed E-state index contributed by atoms with van der Waals surface area (Å²) in [6, 6.07) is 14.3. The molecular weight excluding hydrogens is 348 g/mol. The summed E-state index contributed by atoms with van der Waals surface area (Å²) >= 11 is 0. The summed E-state index contributed by atoms with van der Waals surface area (Å²) in [7, 11) is 0. The Kier molecular flexibility index (Phi) is 5.21. The number of carbonyl (C=O) groups excluding carboxylic acids is 2. The molecule has 2 aliphatic rings. The van der Waals surface area contributed by atoms with Crippen LogP contribution in [0, 0.1) is 25.7 Å². The van der Waals surface area contributed by atoms with Crippen molar-refractivity contribution in [1.29, 1.82) is 0 Å². The Labute approximate surface area is 166 Å². The first-order valence-corrected chi connectivity index (χ1v) is 10.3. The minimum absolute atomic E-state index is 0.00406. The molecule has 146 valence electrons. The molecule has 0 aromatic heterocycles. The van der Waals surface area contributed by atoms with Gasteiger partial charge in [0.2, 0.25) is 11.8 Å². The second-order valence-corrected chi connectivity index (χ2v) is 8.22. The number of nitrogens with one attached hydrogen (secondary N) is 1. The molecule has 0 atom stereocenters. The van der Waals surface area contributed by atoms with Gasteiger partial charge in [0.05, 0.1) is 0 Å². The first-order chi connectivity index (χ1) is 13.5. The Morgan fingerprint density at radius 3 is 2.43 bits per heavy atom. The zero-order chi connectivity index (χ0) is 19.7. The number of benzene rings is 2. The fraction of sp³-hybridized carbons (Fsp3) is 0.417. The lowest BCUT2D eigenvalue weighted by molar-refractivity contribution is -0.126. The maximum absolute atomic E-state index is 13.0. The van der Waals surface area contributed by atoms with Gasteiger partial charge >= 0.3 is 0 Å². The lowest BCUT2D eigenvalue weighted by Crippen LogP contribution is -2.38. The van der Waals surface area contributed by atoms with E-state index in [9.17, 15) is 9.59 Å². The van der Waals surface area contributed by atoms with E-state index in [1.165, 1.54) is 11.1 Å². The highest BCUT2D eigenvalue weighted by molar-refractivity contribution is 5.97. The second-order valence-electron chi connectivity index (χ2n) is 8.22. The number of amides is 2. The van der Waals surface area contributed by atoms with Crippen molar-refractivity contribution in [2.24, 2.45) is 11.8 Å². The van der Waals surface area contributed by atoms with E-state index in [1.807, 2.05) is 42.2 Å². The van der Waals surface area contributed by atoms with Crippen LogP contribution >= 0.6 is 0 Å². The molecule has 0 spiro atoms. The fourth-order valence-corrected chi connectivity index (χ4v) is 4.58. The smallest absolute Gasteiger partial charge is 0.230 e. The van der Waals surface area contributed by atoms with Crippen LogP contribution < -0.4 is 10.2 Å². The van der Waals surface area contributed by atoms with Crippen molar-refractivity contribution in [2.75, 3.05) is 16.8 Å². The third kappa shape index (κ3) is 3.68. The van der Waals surface area contributed by atoms with Crippen LogP contribution in [-0.2, 0) is 16.0 Å². The molecule has 1 saturated carbocycles. The van der Waals surface area contributed by atoms with Gasteiger partial charge in [-0.25, -0.2) is 0 Å². The SMILES string of the molecule is Cc1ccc(NC(=O)C2CCC(C(=O)N3CCc4ccccc43)CC2)c(C)c1. The molecule has 4 rings (SSSR count). The van der Waals surface area contributed by atoms with Crippen molar-refractivity contribution in [1.82, 2.24) is 0 Å². The molecule has 4 heteroatoms. The van der Waals surface area contributed by atoms with Crippen LogP contribution in [0.3, 0.4) is 0 Å². The Morgan fingerprint density at radius 2 is 1.68 bits per heavy atom. The van der Waals surface area contributed by atoms with E-state index in [0.717, 1.165) is 55.6 Å². The zero-order valence-electron chi connectivity index (χ0n) is 16.7. The van der Waals surface area contributed by atoms with Crippen molar-refractivity contribution < 1.29 is 9.59 Å². The highest BCUT2D eigenvalue weighted by Crippen LogP contribution is 2.35. The minimum Gasteiger partial charge on any atom is -0.326 e. The zero-order valence-corrected chi connectivity index (χ0v) is 16.7. The number of carbonyl (C=O) groups is 2. The monoisotopic (exact) mass is 376 g/mol. The van der Waals surface area contributed by atoms with Crippen LogP contribution in [0.2, 0.25) is 0 Å². The quantitative estimate of drug-likeness (QED) is 0.848. The van der Waals surface area contributed by atoms with Crippen molar-refractivity contribution in [3.05, 3.63) is 59.2 Å². The molecule has 2 aromatic carbocycles. The molecule has 28 heavy (non-hydrogen) atoms. The summed E-state index contributed by atoms with van der Waals surface area (Å²) in [4.78, 5) is 27.7. The average molecular weight is 377 g/mol. The van der Waals surface area contributed by atoms with E-state index < -0.39 is 0 Å². The predicted octanol–water partition coefficient (Wildman–Crippen LogP) is 4.64. The number of hydrogen-bond acceptors (Lipinski definition) is 2. The van der Waals surface area contributed by atoms with E-state index in [4.69, 9.17) is 0 Å². The molecule has 1 N–H and O–H groups in total. The number of para-hydroxylation sites is 1. The number of anilines is 2. The molecule has 0 bridgehead atoms. The maximum atomic E-state index is 13.0. The number of nitrogens with zero attached hydrogens (tertiary/aromatic N) is 1. The lowest BCUT2D eigenvalue weighted by Gasteiger charge is -2.30. The molecule has 1 heterocycles. The van der Waals surface area contributed by atoms with Gasteiger partial charge in [0.25, 0.3) is 0 Å². The van der Waals surface area contributed by atoms with Crippen LogP contribution in [0.5, 0.6) is 0 Å². The van der Waals surface area contributed by atoms with Gasteiger partial charge in [0.15, 0.2) is 0 Å². The van der Waals surface area contributed by atoms with Gasteiger partial charge in [0.1, 0.15) is 0 Å². The molecule has 1 fully saturated rings. The van der Waals surface area contributed by atoms with Crippen molar-refractivity contribution in [3.63, 3.8) is 0 Å². The Hall–Kier alpha value is -2.62. The number of aryl methyl sites for hydroxylation is 2. The summed E-state index contributed by atoms with van der Waals surface area (Å²) in [5, 5.41) is 3.09. The van der Waals surface area contributed by atoms with E-state index in [2.05, 4.69) is 24.4 Å². The molecule has 0 unspecified atom stereocenters. The Morgan fingerprint density at radius 1 is 0.964 bits per heavy atom. The molecule has 0 saturated heterocycles. The normalized spacial score (nSPS) is 21.3. The van der Waals surface area contributed by atoms with Crippen LogP contribution in [0.25, 0.3) is 0 Å². The minimum atomic E-state index is -0.00406. The third-order valence-electron chi connectivity index (χ3n) is 6.24. The van der Waals surface area contributed by atoms with Gasteiger partial charge in [0, 0.05) is 29.8 Å². The molecule has 1 aliphatic carbocycles. The first kappa shape index (κ1) is 18.7. The molecule has 2 aromatic rings. The van der Waals surface area contributed by atoms with Crippen molar-refractivity contribution in [2.45, 2.75) is 46.0 Å². The van der Waals surface area contributed by atoms with Gasteiger partial charge < -0.3 is 10.2 Å². The van der Waals surface area contributed by atoms with E-state index in [0.29, 0.717) is 0 Å². The lowest BCUT2D eigenvalue weighted by atomic mass is 9.81. The summed E-state index contributed by atoms with van der Waals surface area (Å²) in [6.07, 6.45) is 4.09. The molecule has 2 amide bonds. The number of fused-ring (bicyclic) bond motifs is 1. The van der Waals surface area contributed by atoms with Gasteiger partial charge in [-0.1, -0.05) is 35.9 Å². The summed E-state index contributed by atoms with van der Waals surface area (Å²) in [6.45, 7) is 4.85. The van der Waals surface area contributed by atoms with Crippen LogP contribution in [0.1, 0.15) is 42.4 Å². The molecule has 0 radical (unpaired) electrons. The highest BCUT2D eigenvalue weighted by Gasteiger charge is 2.34. The van der Waals surface area contributed by atoms with Gasteiger partial charge in [-0.3, -0.25) is 9.59 Å². The van der Waals surface area contributed by atoms with Gasteiger partial charge in [-0.2, -0.15) is 0 Å². The molecule has 4 nitrogen and oxygen atoms in total. The maximum Gasteiger partial charge on any atom is 0.230 e. The van der Waals surface area contributed by atoms with Gasteiger partial charge in [-0.15, -0.1) is 0 Å². The summed E-state index contributed by atoms with van der Waals surface area (Å²) in [5.74, 6) is 0.356. The second kappa shape index (κ2) is 7.78. The Balaban J connectivity index is 1.34. The van der Waals surface area contributed by atoms with Gasteiger partial charge in [-0.05, 0) is 69.2 Å². The first-order valence-electron chi connectivity index (χ1n) is 10.3. The van der Waals surface area contributed by atoms with Crippen LogP contribution in [0.4, 0.5) is 11.4 Å². The summed E-state index contributed by atoms with van der Waals surface area (Å²) < 4.78 is 0. The van der Waals surface area contributed by atoms with Crippen LogP contribution in [-0.4, -0.2) is 18.4 Å². The van der Waals surface area contributed by atoms with E-state index in [-0.39, 0.29) is 23.7 Å². The topological polar surface area (TPSA) is 49.4 Å². The molecular formula is C24H28N2O2. The standard InChI is InChI=1S/C24H28N2O2/c1-16-7-12-21(17(2)15-16)25-23(27)19-8-10-20(11-9-19)24(28)26-14-13-18-5-3-4-6-22(18)26/h3-7,12,15,19-20H,8-11,13-14H2,1-2H3,(H,25,27). The number of hydrogen-bond donors (Lipinski definition) is 1. The average Bonchev–Trinajstić information content (AvgIpc) is 3.14. The highest BCUT2D eigenvalue weighted by atomic mass is 16.2.